The lowest BCUT2D eigenvalue weighted by Gasteiger charge is -2.23. The van der Waals surface area contributed by atoms with Gasteiger partial charge in [0.1, 0.15) is 12.1 Å². The highest BCUT2D eigenvalue weighted by Gasteiger charge is 2.32. The highest BCUT2D eigenvalue weighted by molar-refractivity contribution is 5.90. The van der Waals surface area contributed by atoms with Crippen molar-refractivity contribution in [2.24, 2.45) is 11.8 Å². The molecular formula is C15H26N2O4. The Bertz CT molecular complexity index is 391. The van der Waals surface area contributed by atoms with Crippen LogP contribution in [-0.2, 0) is 19.1 Å². The molecule has 0 radical (unpaired) electrons. The molecule has 0 heterocycles. The molecule has 0 spiro atoms. The maximum absolute atomic E-state index is 12.3. The first-order valence-corrected chi connectivity index (χ1v) is 7.48. The van der Waals surface area contributed by atoms with Crippen LogP contribution >= 0.6 is 0 Å². The number of carbonyl (C=O) groups excluding carboxylic acids is 3. The van der Waals surface area contributed by atoms with Crippen LogP contribution in [0.25, 0.3) is 0 Å². The zero-order valence-corrected chi connectivity index (χ0v) is 13.3. The molecule has 1 saturated carbocycles. The van der Waals surface area contributed by atoms with Crippen molar-refractivity contribution in [3.63, 3.8) is 0 Å². The average molecular weight is 298 g/mol. The third kappa shape index (κ3) is 6.60. The van der Waals surface area contributed by atoms with E-state index < -0.39 is 18.1 Å². The van der Waals surface area contributed by atoms with E-state index in [0.717, 1.165) is 12.8 Å². The molecule has 0 unspecified atom stereocenters. The third-order valence-electron chi connectivity index (χ3n) is 3.47. The monoisotopic (exact) mass is 298 g/mol. The SMILES string of the molecule is COC(=O)[C@H](CC1CC1)NC(=O)[C@H](CC(C)C)NC(C)=O. The van der Waals surface area contributed by atoms with Crippen LogP contribution in [0.5, 0.6) is 0 Å². The van der Waals surface area contributed by atoms with E-state index in [1.54, 1.807) is 0 Å². The fourth-order valence-electron chi connectivity index (χ4n) is 2.26. The number of amides is 2. The summed E-state index contributed by atoms with van der Waals surface area (Å²) in [5.41, 5.74) is 0. The molecule has 1 aliphatic carbocycles. The second-order valence-electron chi connectivity index (χ2n) is 6.15. The molecule has 0 saturated heterocycles. The summed E-state index contributed by atoms with van der Waals surface area (Å²) in [5.74, 6) is -0.268. The van der Waals surface area contributed by atoms with Crippen molar-refractivity contribution in [3.8, 4) is 0 Å². The Morgan fingerprint density at radius 2 is 1.76 bits per heavy atom. The van der Waals surface area contributed by atoms with E-state index in [2.05, 4.69) is 10.6 Å². The summed E-state index contributed by atoms with van der Waals surface area (Å²) in [6.45, 7) is 5.33. The Morgan fingerprint density at radius 1 is 1.14 bits per heavy atom. The summed E-state index contributed by atoms with van der Waals surface area (Å²) in [7, 11) is 1.31. The number of rotatable bonds is 8. The molecule has 6 heteroatoms. The molecule has 0 aromatic carbocycles. The van der Waals surface area contributed by atoms with Crippen LogP contribution in [0.4, 0.5) is 0 Å². The molecule has 0 bridgehead atoms. The van der Waals surface area contributed by atoms with Crippen molar-refractivity contribution >= 4 is 17.8 Å². The van der Waals surface area contributed by atoms with E-state index in [0.29, 0.717) is 18.8 Å². The number of hydrogen-bond donors (Lipinski definition) is 2. The Labute approximate surface area is 126 Å². The average Bonchev–Trinajstić information content (AvgIpc) is 3.19. The fraction of sp³-hybridized carbons (Fsp3) is 0.800. The van der Waals surface area contributed by atoms with Gasteiger partial charge in [0.2, 0.25) is 11.8 Å². The molecule has 1 aliphatic rings. The summed E-state index contributed by atoms with van der Waals surface area (Å²) in [4.78, 5) is 35.3. The van der Waals surface area contributed by atoms with E-state index in [-0.39, 0.29) is 17.7 Å². The number of esters is 1. The molecule has 120 valence electrons. The van der Waals surface area contributed by atoms with Gasteiger partial charge in [0.25, 0.3) is 0 Å². The molecule has 6 nitrogen and oxygen atoms in total. The molecule has 1 rings (SSSR count). The molecule has 1 fully saturated rings. The van der Waals surface area contributed by atoms with Gasteiger partial charge in [-0.25, -0.2) is 4.79 Å². The summed E-state index contributed by atoms with van der Waals surface area (Å²) in [6.07, 6.45) is 3.31. The van der Waals surface area contributed by atoms with Crippen LogP contribution in [0.1, 0.15) is 46.5 Å². The van der Waals surface area contributed by atoms with Crippen LogP contribution in [0, 0.1) is 11.8 Å². The van der Waals surface area contributed by atoms with E-state index in [1.807, 2.05) is 13.8 Å². The summed E-state index contributed by atoms with van der Waals surface area (Å²) >= 11 is 0. The number of carbonyl (C=O) groups is 3. The van der Waals surface area contributed by atoms with E-state index in [1.165, 1.54) is 14.0 Å². The molecule has 2 atom stereocenters. The van der Waals surface area contributed by atoms with Crippen molar-refractivity contribution in [2.75, 3.05) is 7.11 Å². The quantitative estimate of drug-likeness (QED) is 0.655. The molecule has 0 aromatic heterocycles. The lowest BCUT2D eigenvalue weighted by Crippen LogP contribution is -2.52. The Morgan fingerprint density at radius 3 is 2.19 bits per heavy atom. The first kappa shape index (κ1) is 17.5. The normalized spacial score (nSPS) is 17.0. The van der Waals surface area contributed by atoms with Crippen molar-refractivity contribution in [1.82, 2.24) is 10.6 Å². The van der Waals surface area contributed by atoms with Gasteiger partial charge in [-0.15, -0.1) is 0 Å². The number of ether oxygens (including phenoxy) is 1. The molecule has 2 N–H and O–H groups in total. The van der Waals surface area contributed by atoms with Crippen LogP contribution in [-0.4, -0.2) is 37.0 Å². The van der Waals surface area contributed by atoms with Gasteiger partial charge in [-0.3, -0.25) is 9.59 Å². The van der Waals surface area contributed by atoms with Gasteiger partial charge in [0, 0.05) is 6.92 Å². The van der Waals surface area contributed by atoms with Crippen molar-refractivity contribution in [3.05, 3.63) is 0 Å². The van der Waals surface area contributed by atoms with Crippen molar-refractivity contribution in [2.45, 2.75) is 58.5 Å². The Kier molecular flexibility index (Phi) is 6.65. The van der Waals surface area contributed by atoms with Crippen LogP contribution < -0.4 is 10.6 Å². The van der Waals surface area contributed by atoms with Crippen LogP contribution in [0.3, 0.4) is 0 Å². The second-order valence-corrected chi connectivity index (χ2v) is 6.15. The topological polar surface area (TPSA) is 84.5 Å². The molecule has 2 amide bonds. The number of hydrogen-bond acceptors (Lipinski definition) is 4. The first-order valence-electron chi connectivity index (χ1n) is 7.48. The largest absolute Gasteiger partial charge is 0.467 e. The Hall–Kier alpha value is -1.59. The van der Waals surface area contributed by atoms with Crippen molar-refractivity contribution < 1.29 is 19.1 Å². The molecular weight excluding hydrogens is 272 g/mol. The number of methoxy groups -OCH3 is 1. The fourth-order valence-corrected chi connectivity index (χ4v) is 2.26. The minimum atomic E-state index is -0.626. The van der Waals surface area contributed by atoms with Gasteiger partial charge >= 0.3 is 5.97 Å². The maximum Gasteiger partial charge on any atom is 0.328 e. The second kappa shape index (κ2) is 8.00. The predicted molar refractivity (Wildman–Crippen MR) is 78.3 cm³/mol. The van der Waals surface area contributed by atoms with E-state index in [9.17, 15) is 14.4 Å². The molecule has 21 heavy (non-hydrogen) atoms. The maximum atomic E-state index is 12.3. The minimum Gasteiger partial charge on any atom is -0.467 e. The van der Waals surface area contributed by atoms with Gasteiger partial charge in [-0.2, -0.15) is 0 Å². The summed E-state index contributed by atoms with van der Waals surface area (Å²) in [5, 5.41) is 5.36. The lowest BCUT2D eigenvalue weighted by molar-refractivity contribution is -0.145. The summed E-state index contributed by atoms with van der Waals surface area (Å²) < 4.78 is 4.74. The lowest BCUT2D eigenvalue weighted by atomic mass is 10.0. The highest BCUT2D eigenvalue weighted by atomic mass is 16.5. The standard InChI is InChI=1S/C15H26N2O4/c1-9(2)7-12(16-10(3)18)14(19)17-13(15(20)21-4)8-11-5-6-11/h9,11-13H,5-8H2,1-4H3,(H,16,18)(H,17,19)/t12-,13-/m0/s1. The predicted octanol–water partition coefficient (Wildman–Crippen LogP) is 0.995. The first-order chi connectivity index (χ1) is 9.83. The van der Waals surface area contributed by atoms with Crippen LogP contribution in [0.2, 0.25) is 0 Å². The number of nitrogens with one attached hydrogen (secondary N) is 2. The van der Waals surface area contributed by atoms with Gasteiger partial charge in [0.05, 0.1) is 7.11 Å². The minimum absolute atomic E-state index is 0.257. The Balaban J connectivity index is 2.65. The molecule has 0 aromatic rings. The van der Waals surface area contributed by atoms with E-state index in [4.69, 9.17) is 4.74 Å². The van der Waals surface area contributed by atoms with Gasteiger partial charge in [0.15, 0.2) is 0 Å². The van der Waals surface area contributed by atoms with Gasteiger partial charge in [-0.1, -0.05) is 26.7 Å². The smallest absolute Gasteiger partial charge is 0.328 e. The van der Waals surface area contributed by atoms with Gasteiger partial charge in [-0.05, 0) is 24.7 Å². The van der Waals surface area contributed by atoms with Gasteiger partial charge < -0.3 is 15.4 Å². The van der Waals surface area contributed by atoms with Crippen molar-refractivity contribution in [1.29, 1.82) is 0 Å². The zero-order chi connectivity index (χ0) is 16.0. The molecule has 0 aliphatic heterocycles. The van der Waals surface area contributed by atoms with E-state index >= 15 is 0 Å². The summed E-state index contributed by atoms with van der Waals surface area (Å²) in [6, 6.07) is -1.24. The van der Waals surface area contributed by atoms with Crippen LogP contribution in [0.15, 0.2) is 0 Å². The highest BCUT2D eigenvalue weighted by Crippen LogP contribution is 2.33. The zero-order valence-electron chi connectivity index (χ0n) is 13.3. The third-order valence-corrected chi connectivity index (χ3v) is 3.47.